The van der Waals surface area contributed by atoms with Crippen LogP contribution in [0.4, 0.5) is 4.39 Å². The summed E-state index contributed by atoms with van der Waals surface area (Å²) in [6, 6.07) is 9.89. The fraction of sp³-hybridized carbons (Fsp3) is 0.200. The van der Waals surface area contributed by atoms with E-state index >= 15 is 0 Å². The third kappa shape index (κ3) is 2.97. The summed E-state index contributed by atoms with van der Waals surface area (Å²) in [5.41, 5.74) is 0.601. The van der Waals surface area contributed by atoms with Crippen LogP contribution in [0, 0.1) is 5.82 Å². The average molecular weight is 377 g/mol. The molecule has 1 aliphatic heterocycles. The third-order valence-electron chi connectivity index (χ3n) is 3.48. The second kappa shape index (κ2) is 6.03. The van der Waals surface area contributed by atoms with E-state index in [2.05, 4.69) is 0 Å². The maximum Gasteiger partial charge on any atom is 0.263 e. The zero-order valence-corrected chi connectivity index (χ0v) is 14.0. The number of ether oxygens (including phenoxy) is 2. The molecule has 2 aromatic carbocycles. The molecule has 0 atom stereocenters. The SMILES string of the molecule is O=S(=O)(Cl)c1c(Cl)cccc1C1(c2ccc(F)cc2)OCCO1. The van der Waals surface area contributed by atoms with E-state index in [0.717, 1.165) is 0 Å². The van der Waals surface area contributed by atoms with Crippen LogP contribution in [-0.4, -0.2) is 21.6 Å². The second-order valence-corrected chi connectivity index (χ2v) is 7.78. The molecular weight excluding hydrogens is 366 g/mol. The summed E-state index contributed by atoms with van der Waals surface area (Å²) in [5, 5.41) is -0.0434. The Labute approximate surface area is 142 Å². The molecule has 1 fully saturated rings. The molecule has 1 saturated heterocycles. The van der Waals surface area contributed by atoms with Crippen LogP contribution in [0.2, 0.25) is 5.02 Å². The normalized spacial score (nSPS) is 17.3. The first-order valence-electron chi connectivity index (χ1n) is 6.62. The molecule has 0 radical (unpaired) electrons. The van der Waals surface area contributed by atoms with Crippen LogP contribution in [0.25, 0.3) is 0 Å². The van der Waals surface area contributed by atoms with Crippen molar-refractivity contribution in [1.82, 2.24) is 0 Å². The maximum atomic E-state index is 13.2. The number of hydrogen-bond acceptors (Lipinski definition) is 4. The lowest BCUT2D eigenvalue weighted by Crippen LogP contribution is -2.30. The van der Waals surface area contributed by atoms with Gasteiger partial charge in [0, 0.05) is 21.8 Å². The summed E-state index contributed by atoms with van der Waals surface area (Å²) < 4.78 is 48.6. The van der Waals surface area contributed by atoms with Crippen molar-refractivity contribution in [2.45, 2.75) is 10.7 Å². The molecule has 23 heavy (non-hydrogen) atoms. The van der Waals surface area contributed by atoms with E-state index in [-0.39, 0.29) is 28.7 Å². The van der Waals surface area contributed by atoms with Crippen molar-refractivity contribution in [1.29, 1.82) is 0 Å². The van der Waals surface area contributed by atoms with Crippen LogP contribution in [0.1, 0.15) is 11.1 Å². The zero-order chi connectivity index (χ0) is 16.7. The topological polar surface area (TPSA) is 52.6 Å². The molecule has 8 heteroatoms. The predicted molar refractivity (Wildman–Crippen MR) is 83.6 cm³/mol. The highest BCUT2D eigenvalue weighted by Crippen LogP contribution is 2.43. The second-order valence-electron chi connectivity index (χ2n) is 4.87. The molecule has 1 heterocycles. The van der Waals surface area contributed by atoms with Crippen LogP contribution < -0.4 is 0 Å². The number of hydrogen-bond donors (Lipinski definition) is 0. The summed E-state index contributed by atoms with van der Waals surface area (Å²) in [6.45, 7) is 0.483. The van der Waals surface area contributed by atoms with Gasteiger partial charge in [-0.1, -0.05) is 35.9 Å². The van der Waals surface area contributed by atoms with Gasteiger partial charge in [-0.05, 0) is 18.2 Å². The van der Waals surface area contributed by atoms with E-state index in [0.29, 0.717) is 5.56 Å². The van der Waals surface area contributed by atoms with Crippen molar-refractivity contribution < 1.29 is 22.3 Å². The van der Waals surface area contributed by atoms with Crippen LogP contribution in [0.5, 0.6) is 0 Å². The molecule has 2 aromatic rings. The molecule has 0 aliphatic carbocycles. The van der Waals surface area contributed by atoms with Crippen molar-refractivity contribution in [3.63, 3.8) is 0 Å². The quantitative estimate of drug-likeness (QED) is 0.767. The van der Waals surface area contributed by atoms with Gasteiger partial charge in [-0.3, -0.25) is 0 Å². The van der Waals surface area contributed by atoms with E-state index in [9.17, 15) is 12.8 Å². The first-order valence-corrected chi connectivity index (χ1v) is 9.31. The lowest BCUT2D eigenvalue weighted by Gasteiger charge is -2.30. The number of benzene rings is 2. The minimum Gasteiger partial charge on any atom is -0.340 e. The molecule has 0 N–H and O–H groups in total. The van der Waals surface area contributed by atoms with Crippen molar-refractivity contribution in [2.75, 3.05) is 13.2 Å². The van der Waals surface area contributed by atoms with E-state index in [4.69, 9.17) is 31.8 Å². The Hall–Kier alpha value is -1.18. The summed E-state index contributed by atoms with van der Waals surface area (Å²) in [5.74, 6) is -1.94. The summed E-state index contributed by atoms with van der Waals surface area (Å²) in [6.07, 6.45) is 0. The van der Waals surface area contributed by atoms with Crippen LogP contribution >= 0.6 is 22.3 Å². The molecule has 0 aromatic heterocycles. The largest absolute Gasteiger partial charge is 0.340 e. The lowest BCUT2D eigenvalue weighted by molar-refractivity contribution is -0.131. The third-order valence-corrected chi connectivity index (χ3v) is 5.30. The fourth-order valence-corrected chi connectivity index (χ4v) is 4.44. The van der Waals surface area contributed by atoms with Gasteiger partial charge in [0.15, 0.2) is 0 Å². The maximum absolute atomic E-state index is 13.2. The highest BCUT2D eigenvalue weighted by Gasteiger charge is 2.44. The molecule has 122 valence electrons. The monoisotopic (exact) mass is 376 g/mol. The summed E-state index contributed by atoms with van der Waals surface area (Å²) >= 11 is 6.03. The van der Waals surface area contributed by atoms with E-state index < -0.39 is 20.7 Å². The smallest absolute Gasteiger partial charge is 0.263 e. The van der Waals surface area contributed by atoms with Crippen molar-refractivity contribution in [3.8, 4) is 0 Å². The van der Waals surface area contributed by atoms with Crippen molar-refractivity contribution in [3.05, 3.63) is 64.4 Å². The van der Waals surface area contributed by atoms with Crippen LogP contribution in [0.3, 0.4) is 0 Å². The van der Waals surface area contributed by atoms with Gasteiger partial charge in [0.05, 0.1) is 18.2 Å². The first-order chi connectivity index (χ1) is 10.8. The summed E-state index contributed by atoms with van der Waals surface area (Å²) in [4.78, 5) is -0.283. The van der Waals surface area contributed by atoms with Gasteiger partial charge in [0.25, 0.3) is 9.05 Å². The van der Waals surface area contributed by atoms with Gasteiger partial charge >= 0.3 is 0 Å². The standard InChI is InChI=1S/C15H11Cl2FO4S/c16-13-3-1-2-12(14(13)23(17,19)20)15(21-8-9-22-15)10-4-6-11(18)7-5-10/h1-7H,8-9H2. The molecule has 3 rings (SSSR count). The molecule has 0 spiro atoms. The highest BCUT2D eigenvalue weighted by atomic mass is 35.7. The Balaban J connectivity index is 2.29. The Morgan fingerprint density at radius 2 is 1.65 bits per heavy atom. The van der Waals surface area contributed by atoms with Crippen molar-refractivity contribution >= 4 is 31.3 Å². The van der Waals surface area contributed by atoms with E-state index in [1.54, 1.807) is 6.07 Å². The minimum atomic E-state index is -4.15. The molecule has 0 unspecified atom stereocenters. The van der Waals surface area contributed by atoms with Gasteiger partial charge in [-0.25, -0.2) is 12.8 Å². The Kier molecular flexibility index (Phi) is 4.37. The average Bonchev–Trinajstić information content (AvgIpc) is 2.97. The Morgan fingerprint density at radius 1 is 1.04 bits per heavy atom. The predicted octanol–water partition coefficient (Wildman–Crippen LogP) is 3.65. The Morgan fingerprint density at radius 3 is 2.22 bits per heavy atom. The molecular formula is C15H11Cl2FO4S. The molecule has 0 bridgehead atoms. The minimum absolute atomic E-state index is 0.0434. The number of rotatable bonds is 3. The number of halogens is 3. The van der Waals surface area contributed by atoms with Gasteiger partial charge < -0.3 is 9.47 Å². The zero-order valence-electron chi connectivity index (χ0n) is 11.6. The Bertz CT molecular complexity index is 831. The molecule has 4 nitrogen and oxygen atoms in total. The van der Waals surface area contributed by atoms with Gasteiger partial charge in [-0.2, -0.15) is 0 Å². The van der Waals surface area contributed by atoms with E-state index in [1.165, 1.54) is 36.4 Å². The van der Waals surface area contributed by atoms with Gasteiger partial charge in [0.2, 0.25) is 5.79 Å². The molecule has 0 saturated carbocycles. The van der Waals surface area contributed by atoms with Crippen LogP contribution in [0.15, 0.2) is 47.4 Å². The van der Waals surface area contributed by atoms with E-state index in [1.807, 2.05) is 0 Å². The first kappa shape index (κ1) is 16.7. The van der Waals surface area contributed by atoms with Crippen LogP contribution in [-0.2, 0) is 24.3 Å². The highest BCUT2D eigenvalue weighted by molar-refractivity contribution is 8.13. The summed E-state index contributed by atoms with van der Waals surface area (Å²) in [7, 11) is 1.39. The van der Waals surface area contributed by atoms with Gasteiger partial charge in [-0.15, -0.1) is 0 Å². The fourth-order valence-electron chi connectivity index (χ4n) is 2.58. The lowest BCUT2D eigenvalue weighted by atomic mass is 9.97. The molecule has 1 aliphatic rings. The molecule has 0 amide bonds. The van der Waals surface area contributed by atoms with Gasteiger partial charge in [0.1, 0.15) is 10.7 Å². The van der Waals surface area contributed by atoms with Crippen molar-refractivity contribution in [2.24, 2.45) is 0 Å².